The van der Waals surface area contributed by atoms with Gasteiger partial charge in [0.25, 0.3) is 0 Å². The molecule has 0 aromatic rings. The van der Waals surface area contributed by atoms with E-state index < -0.39 is 27.3 Å². The number of hydrogen-bond acceptors (Lipinski definition) is 4. The topological polar surface area (TPSA) is 107 Å². The summed E-state index contributed by atoms with van der Waals surface area (Å²) in [6, 6.07) is 0.462. The Balaban J connectivity index is 5.02. The Labute approximate surface area is 102 Å². The number of nitrogens with zero attached hydrogens (tertiary/aromatic N) is 1. The minimum Gasteiger partial charge on any atom is -0.480 e. The Morgan fingerprint density at radius 3 is 2.24 bits per heavy atom. The number of nitrogens with one attached hydrogen (secondary N) is 1. The van der Waals surface area contributed by atoms with Gasteiger partial charge in [-0.15, -0.1) is 0 Å². The van der Waals surface area contributed by atoms with Gasteiger partial charge in [0, 0.05) is 0 Å². The second kappa shape index (κ2) is 6.57. The van der Waals surface area contributed by atoms with Crippen LogP contribution in [-0.2, 0) is 14.8 Å². The average molecular weight is 262 g/mol. The summed E-state index contributed by atoms with van der Waals surface area (Å²) in [5.74, 6) is -1.56. The quantitative estimate of drug-likeness (QED) is 0.702. The Hall–Kier alpha value is -1.13. The minimum atomic E-state index is -3.91. The molecule has 0 aliphatic rings. The first-order chi connectivity index (χ1) is 7.80. The van der Waals surface area contributed by atoms with E-state index in [1.807, 2.05) is 0 Å². The van der Waals surface area contributed by atoms with Gasteiger partial charge < -0.3 is 5.11 Å². The molecule has 0 aliphatic heterocycles. The van der Waals surface area contributed by atoms with E-state index in [2.05, 4.69) is 4.72 Å². The van der Waals surface area contributed by atoms with Crippen LogP contribution in [0.5, 0.6) is 0 Å². The van der Waals surface area contributed by atoms with Gasteiger partial charge in [0.1, 0.15) is 6.04 Å². The van der Waals surface area contributed by atoms with Gasteiger partial charge in [-0.2, -0.15) is 9.98 Å². The first-order valence-corrected chi connectivity index (χ1v) is 6.98. The summed E-state index contributed by atoms with van der Waals surface area (Å²) in [5.41, 5.74) is 0. The second-order valence-electron chi connectivity index (χ2n) is 3.89. The van der Waals surface area contributed by atoms with Crippen molar-refractivity contribution in [1.82, 2.24) is 4.72 Å². The van der Waals surface area contributed by atoms with Crippen LogP contribution in [0.25, 0.3) is 0 Å². The fourth-order valence-electron chi connectivity index (χ4n) is 1.28. The average Bonchev–Trinajstić information content (AvgIpc) is 2.25. The molecule has 7 heteroatoms. The lowest BCUT2D eigenvalue weighted by atomic mass is 10.0. The normalized spacial score (nSPS) is 16.8. The summed E-state index contributed by atoms with van der Waals surface area (Å²) >= 11 is 0. The third-order valence-corrected chi connectivity index (χ3v) is 4.43. The maximum atomic E-state index is 11.7. The molecule has 98 valence electrons. The number of hydrogen-bond donors (Lipinski definition) is 2. The van der Waals surface area contributed by atoms with E-state index >= 15 is 0 Å². The van der Waals surface area contributed by atoms with Crippen LogP contribution in [0.3, 0.4) is 0 Å². The van der Waals surface area contributed by atoms with Gasteiger partial charge in [-0.25, -0.2) is 8.42 Å². The minimum absolute atomic E-state index is 0.124. The smallest absolute Gasteiger partial charge is 0.322 e. The van der Waals surface area contributed by atoms with Crippen molar-refractivity contribution < 1.29 is 18.3 Å². The lowest BCUT2D eigenvalue weighted by Gasteiger charge is -2.21. The van der Waals surface area contributed by atoms with Crippen molar-refractivity contribution in [3.63, 3.8) is 0 Å². The number of nitriles is 1. The molecule has 0 rings (SSSR count). The monoisotopic (exact) mass is 262 g/mol. The Bertz CT molecular complexity index is 399. The van der Waals surface area contributed by atoms with Crippen LogP contribution in [0.15, 0.2) is 0 Å². The van der Waals surface area contributed by atoms with Crippen molar-refractivity contribution in [3.8, 4) is 6.07 Å². The number of sulfonamides is 1. The van der Waals surface area contributed by atoms with Crippen LogP contribution >= 0.6 is 0 Å². The zero-order chi connectivity index (χ0) is 13.6. The lowest BCUT2D eigenvalue weighted by molar-refractivity contribution is -0.140. The van der Waals surface area contributed by atoms with Crippen molar-refractivity contribution in [3.05, 3.63) is 0 Å². The third-order valence-electron chi connectivity index (χ3n) is 2.66. The van der Waals surface area contributed by atoms with Gasteiger partial charge in [0.2, 0.25) is 10.0 Å². The zero-order valence-electron chi connectivity index (χ0n) is 10.2. The molecule has 0 spiro atoms. The van der Waals surface area contributed by atoms with Crippen molar-refractivity contribution in [1.29, 1.82) is 5.26 Å². The first-order valence-electron chi connectivity index (χ1n) is 5.43. The van der Waals surface area contributed by atoms with Crippen molar-refractivity contribution in [2.45, 2.75) is 44.9 Å². The Morgan fingerprint density at radius 1 is 1.41 bits per heavy atom. The van der Waals surface area contributed by atoms with Crippen molar-refractivity contribution in [2.24, 2.45) is 5.92 Å². The summed E-state index contributed by atoms with van der Waals surface area (Å²) in [6.45, 7) is 4.98. The van der Waals surface area contributed by atoms with Gasteiger partial charge in [-0.05, 0) is 12.3 Å². The van der Waals surface area contributed by atoms with Gasteiger partial charge in [0.15, 0.2) is 5.25 Å². The third kappa shape index (κ3) is 4.32. The number of aliphatic carboxylic acids is 1. The Morgan fingerprint density at radius 2 is 1.94 bits per heavy atom. The van der Waals surface area contributed by atoms with Crippen LogP contribution in [0, 0.1) is 17.2 Å². The van der Waals surface area contributed by atoms with Crippen LogP contribution in [0.4, 0.5) is 0 Å². The fourth-order valence-corrected chi connectivity index (χ4v) is 2.71. The van der Waals surface area contributed by atoms with Crippen LogP contribution < -0.4 is 4.72 Å². The standard InChI is InChI=1S/C10H18N2O4S/c1-4-7(3)9(10(13)14)12-17(15,16)8(5-2)6-11/h7-9,12H,4-5H2,1-3H3,(H,13,14)/t7?,8?,9-/m0/s1. The molecule has 0 amide bonds. The van der Waals surface area contributed by atoms with E-state index in [0.717, 1.165) is 0 Å². The van der Waals surface area contributed by atoms with E-state index in [1.54, 1.807) is 26.8 Å². The fraction of sp³-hybridized carbons (Fsp3) is 0.800. The highest BCUT2D eigenvalue weighted by Crippen LogP contribution is 2.12. The molecule has 0 bridgehead atoms. The predicted molar refractivity (Wildman–Crippen MR) is 62.6 cm³/mol. The number of rotatable bonds is 7. The summed E-state index contributed by atoms with van der Waals surface area (Å²) < 4.78 is 25.6. The zero-order valence-corrected chi connectivity index (χ0v) is 11.0. The van der Waals surface area contributed by atoms with Gasteiger partial charge in [-0.1, -0.05) is 27.2 Å². The highest BCUT2D eigenvalue weighted by Gasteiger charge is 2.32. The lowest BCUT2D eigenvalue weighted by Crippen LogP contribution is -2.47. The van der Waals surface area contributed by atoms with Crippen LogP contribution in [0.2, 0.25) is 0 Å². The van der Waals surface area contributed by atoms with E-state index in [1.165, 1.54) is 0 Å². The molecule has 0 radical (unpaired) electrons. The molecule has 6 nitrogen and oxygen atoms in total. The van der Waals surface area contributed by atoms with Gasteiger partial charge in [-0.3, -0.25) is 4.79 Å². The summed E-state index contributed by atoms with van der Waals surface area (Å²) in [7, 11) is -3.91. The summed E-state index contributed by atoms with van der Waals surface area (Å²) in [4.78, 5) is 11.0. The molecule has 0 aromatic carbocycles. The molecular formula is C10H18N2O4S. The molecule has 2 unspecified atom stereocenters. The second-order valence-corrected chi connectivity index (χ2v) is 5.79. The first kappa shape index (κ1) is 15.9. The van der Waals surface area contributed by atoms with Crippen molar-refractivity contribution >= 4 is 16.0 Å². The largest absolute Gasteiger partial charge is 0.480 e. The predicted octanol–water partition coefficient (Wildman–Crippen LogP) is 0.707. The van der Waals surface area contributed by atoms with E-state index in [-0.39, 0.29) is 12.3 Å². The molecule has 2 N–H and O–H groups in total. The molecule has 0 fully saturated rings. The molecule has 0 aromatic heterocycles. The molecule has 0 saturated heterocycles. The van der Waals surface area contributed by atoms with E-state index in [0.29, 0.717) is 6.42 Å². The number of carboxylic acids is 1. The molecule has 3 atom stereocenters. The van der Waals surface area contributed by atoms with E-state index in [4.69, 9.17) is 10.4 Å². The Kier molecular flexibility index (Phi) is 6.13. The number of carbonyl (C=O) groups is 1. The molecular weight excluding hydrogens is 244 g/mol. The maximum absolute atomic E-state index is 11.7. The molecule has 0 aliphatic carbocycles. The maximum Gasteiger partial charge on any atom is 0.322 e. The van der Waals surface area contributed by atoms with Crippen LogP contribution in [-0.4, -0.2) is 30.8 Å². The van der Waals surface area contributed by atoms with Gasteiger partial charge >= 0.3 is 5.97 Å². The highest BCUT2D eigenvalue weighted by molar-refractivity contribution is 7.90. The summed E-state index contributed by atoms with van der Waals surface area (Å²) in [6.07, 6.45) is 0.654. The highest BCUT2D eigenvalue weighted by atomic mass is 32.2. The SMILES string of the molecule is CCC(C)[C@H](NS(=O)(=O)C(C#N)CC)C(=O)O. The summed E-state index contributed by atoms with van der Waals surface area (Å²) in [5, 5.41) is 16.4. The van der Waals surface area contributed by atoms with Crippen molar-refractivity contribution in [2.75, 3.05) is 0 Å². The molecule has 17 heavy (non-hydrogen) atoms. The number of carboxylic acid groups (broad SMARTS) is 1. The van der Waals surface area contributed by atoms with E-state index in [9.17, 15) is 13.2 Å². The molecule has 0 heterocycles. The van der Waals surface area contributed by atoms with Gasteiger partial charge in [0.05, 0.1) is 6.07 Å². The molecule has 0 saturated carbocycles. The van der Waals surface area contributed by atoms with Crippen LogP contribution in [0.1, 0.15) is 33.6 Å².